The van der Waals surface area contributed by atoms with Crippen molar-refractivity contribution in [1.29, 1.82) is 0 Å². The molecule has 0 spiro atoms. The number of carbonyl (C=O) groups is 1. The van der Waals surface area contributed by atoms with Gasteiger partial charge < -0.3 is 11.1 Å². The maximum atomic E-state index is 12.0. The van der Waals surface area contributed by atoms with E-state index in [4.69, 9.17) is 17.3 Å². The van der Waals surface area contributed by atoms with Crippen LogP contribution in [0, 0.1) is 6.92 Å². The van der Waals surface area contributed by atoms with Gasteiger partial charge in [-0.1, -0.05) is 23.2 Å². The van der Waals surface area contributed by atoms with Crippen LogP contribution >= 0.6 is 11.6 Å². The van der Waals surface area contributed by atoms with Gasteiger partial charge in [-0.05, 0) is 31.2 Å². The summed E-state index contributed by atoms with van der Waals surface area (Å²) in [5, 5.41) is 10.2. The average molecular weight is 263 g/mol. The minimum Gasteiger partial charge on any atom is -0.398 e. The zero-order chi connectivity index (χ0) is 13.1. The molecule has 6 heteroatoms. The zero-order valence-electron chi connectivity index (χ0n) is 9.64. The van der Waals surface area contributed by atoms with Gasteiger partial charge in [0, 0.05) is 5.69 Å². The third kappa shape index (κ3) is 2.75. The van der Waals surface area contributed by atoms with Crippen LogP contribution in [0.25, 0.3) is 0 Å². The van der Waals surface area contributed by atoms with Crippen molar-refractivity contribution >= 4 is 29.0 Å². The highest BCUT2D eigenvalue weighted by molar-refractivity contribution is 6.29. The number of halogens is 1. The summed E-state index contributed by atoms with van der Waals surface area (Å²) < 4.78 is 0. The van der Waals surface area contributed by atoms with Gasteiger partial charge in [-0.25, -0.2) is 0 Å². The predicted molar refractivity (Wildman–Crippen MR) is 70.6 cm³/mol. The summed E-state index contributed by atoms with van der Waals surface area (Å²) in [6, 6.07) is 8.36. The Morgan fingerprint density at radius 1 is 1.28 bits per heavy atom. The standard InChI is InChI=1S/C12H11ClN4O/c1-7-2-3-9(14)8(6-7)12(18)15-11-5-4-10(13)16-17-11/h2-6H,14H2,1H3,(H,15,17,18). The van der Waals surface area contributed by atoms with Gasteiger partial charge in [0.1, 0.15) is 0 Å². The van der Waals surface area contributed by atoms with Gasteiger partial charge in [0.2, 0.25) is 0 Å². The first-order valence-electron chi connectivity index (χ1n) is 5.23. The van der Waals surface area contributed by atoms with Gasteiger partial charge in [-0.3, -0.25) is 4.79 Å². The quantitative estimate of drug-likeness (QED) is 0.814. The van der Waals surface area contributed by atoms with Crippen LogP contribution in [0.15, 0.2) is 30.3 Å². The van der Waals surface area contributed by atoms with E-state index >= 15 is 0 Å². The molecule has 0 radical (unpaired) electrons. The van der Waals surface area contributed by atoms with E-state index in [0.717, 1.165) is 5.56 Å². The number of nitrogen functional groups attached to an aromatic ring is 1. The summed E-state index contributed by atoms with van der Waals surface area (Å²) in [6.07, 6.45) is 0. The number of nitrogens with two attached hydrogens (primary N) is 1. The number of aryl methyl sites for hydroxylation is 1. The number of hydrogen-bond acceptors (Lipinski definition) is 4. The molecule has 1 heterocycles. The number of anilines is 2. The third-order valence-electron chi connectivity index (χ3n) is 2.33. The molecule has 0 saturated heterocycles. The minimum absolute atomic E-state index is 0.267. The molecule has 0 aliphatic carbocycles. The van der Waals surface area contributed by atoms with Crippen LogP contribution in [0.4, 0.5) is 11.5 Å². The van der Waals surface area contributed by atoms with Crippen molar-refractivity contribution in [3.8, 4) is 0 Å². The van der Waals surface area contributed by atoms with Gasteiger partial charge in [0.25, 0.3) is 5.91 Å². The molecule has 0 fully saturated rings. The van der Waals surface area contributed by atoms with E-state index in [9.17, 15) is 4.79 Å². The van der Waals surface area contributed by atoms with Crippen LogP contribution in [-0.4, -0.2) is 16.1 Å². The average Bonchev–Trinajstić information content (AvgIpc) is 2.35. The van der Waals surface area contributed by atoms with Crippen LogP contribution in [0.1, 0.15) is 15.9 Å². The molecule has 1 aromatic heterocycles. The fourth-order valence-electron chi connectivity index (χ4n) is 1.43. The Kier molecular flexibility index (Phi) is 3.43. The zero-order valence-corrected chi connectivity index (χ0v) is 10.4. The van der Waals surface area contributed by atoms with Gasteiger partial charge >= 0.3 is 0 Å². The number of rotatable bonds is 2. The lowest BCUT2D eigenvalue weighted by Crippen LogP contribution is -2.15. The number of nitrogens with one attached hydrogen (secondary N) is 1. The van der Waals surface area contributed by atoms with E-state index < -0.39 is 0 Å². The molecule has 2 aromatic rings. The Morgan fingerprint density at radius 3 is 2.72 bits per heavy atom. The molecule has 3 N–H and O–H groups in total. The second kappa shape index (κ2) is 5.01. The Hall–Kier alpha value is -2.14. The summed E-state index contributed by atoms with van der Waals surface area (Å²) >= 11 is 5.60. The Balaban J connectivity index is 2.21. The fraction of sp³-hybridized carbons (Fsp3) is 0.0833. The Bertz CT molecular complexity index is 583. The van der Waals surface area contributed by atoms with E-state index in [1.165, 1.54) is 0 Å². The molecule has 5 nitrogen and oxygen atoms in total. The van der Waals surface area contributed by atoms with E-state index in [2.05, 4.69) is 15.5 Å². The second-order valence-electron chi connectivity index (χ2n) is 3.79. The lowest BCUT2D eigenvalue weighted by Gasteiger charge is -2.07. The Morgan fingerprint density at radius 2 is 2.06 bits per heavy atom. The first-order chi connectivity index (χ1) is 8.56. The smallest absolute Gasteiger partial charge is 0.258 e. The number of amides is 1. The van der Waals surface area contributed by atoms with E-state index in [1.807, 2.05) is 13.0 Å². The number of hydrogen-bond donors (Lipinski definition) is 2. The summed E-state index contributed by atoms with van der Waals surface area (Å²) in [5.74, 6) is -0.00173. The lowest BCUT2D eigenvalue weighted by molar-refractivity contribution is 0.102. The largest absolute Gasteiger partial charge is 0.398 e. The summed E-state index contributed by atoms with van der Waals surface area (Å²) in [6.45, 7) is 1.89. The number of aromatic nitrogens is 2. The van der Waals surface area contributed by atoms with Gasteiger partial charge in [-0.2, -0.15) is 0 Å². The maximum absolute atomic E-state index is 12.0. The van der Waals surface area contributed by atoms with Gasteiger partial charge in [0.05, 0.1) is 5.56 Å². The first-order valence-corrected chi connectivity index (χ1v) is 5.61. The Labute approximate surface area is 109 Å². The molecule has 0 unspecified atom stereocenters. The monoisotopic (exact) mass is 262 g/mol. The second-order valence-corrected chi connectivity index (χ2v) is 4.17. The molecule has 0 saturated carbocycles. The van der Waals surface area contributed by atoms with Crippen molar-refractivity contribution in [2.45, 2.75) is 6.92 Å². The number of carbonyl (C=O) groups excluding carboxylic acids is 1. The highest BCUT2D eigenvalue weighted by atomic mass is 35.5. The van der Waals surface area contributed by atoms with Crippen LogP contribution in [-0.2, 0) is 0 Å². The normalized spacial score (nSPS) is 10.1. The molecule has 1 aromatic carbocycles. The fourth-order valence-corrected chi connectivity index (χ4v) is 1.53. The molecule has 0 aliphatic rings. The van der Waals surface area contributed by atoms with Crippen LogP contribution in [0.5, 0.6) is 0 Å². The molecule has 0 bridgehead atoms. The van der Waals surface area contributed by atoms with E-state index in [0.29, 0.717) is 17.1 Å². The third-order valence-corrected chi connectivity index (χ3v) is 2.53. The SMILES string of the molecule is Cc1ccc(N)c(C(=O)Nc2ccc(Cl)nn2)c1. The van der Waals surface area contributed by atoms with Crippen molar-refractivity contribution in [2.75, 3.05) is 11.1 Å². The number of benzene rings is 1. The molecule has 18 heavy (non-hydrogen) atoms. The van der Waals surface area contributed by atoms with Gasteiger partial charge in [-0.15, -0.1) is 10.2 Å². The number of nitrogens with zero attached hydrogens (tertiary/aromatic N) is 2. The molecular formula is C12H11ClN4O. The maximum Gasteiger partial charge on any atom is 0.258 e. The molecule has 2 rings (SSSR count). The van der Waals surface area contributed by atoms with Crippen LogP contribution in [0.2, 0.25) is 5.15 Å². The summed E-state index contributed by atoms with van der Waals surface area (Å²) in [7, 11) is 0. The highest BCUT2D eigenvalue weighted by Crippen LogP contribution is 2.15. The van der Waals surface area contributed by atoms with Crippen LogP contribution in [0.3, 0.4) is 0 Å². The van der Waals surface area contributed by atoms with Crippen molar-refractivity contribution in [1.82, 2.24) is 10.2 Å². The molecular weight excluding hydrogens is 252 g/mol. The minimum atomic E-state index is -0.326. The first kappa shape index (κ1) is 12.3. The van der Waals surface area contributed by atoms with Crippen molar-refractivity contribution in [3.05, 3.63) is 46.6 Å². The predicted octanol–water partition coefficient (Wildman–Crippen LogP) is 2.27. The summed E-state index contributed by atoms with van der Waals surface area (Å²) in [4.78, 5) is 12.0. The summed E-state index contributed by atoms with van der Waals surface area (Å²) in [5.41, 5.74) is 7.53. The molecule has 0 atom stereocenters. The molecule has 0 aliphatic heterocycles. The van der Waals surface area contributed by atoms with Gasteiger partial charge in [0.15, 0.2) is 11.0 Å². The van der Waals surface area contributed by atoms with E-state index in [1.54, 1.807) is 24.3 Å². The molecule has 1 amide bonds. The van der Waals surface area contributed by atoms with Crippen LogP contribution < -0.4 is 11.1 Å². The lowest BCUT2D eigenvalue weighted by atomic mass is 10.1. The highest BCUT2D eigenvalue weighted by Gasteiger charge is 2.10. The molecule has 92 valence electrons. The topological polar surface area (TPSA) is 80.9 Å². The van der Waals surface area contributed by atoms with Crippen molar-refractivity contribution < 1.29 is 4.79 Å². The van der Waals surface area contributed by atoms with Crippen molar-refractivity contribution in [3.63, 3.8) is 0 Å². The van der Waals surface area contributed by atoms with Crippen molar-refractivity contribution in [2.24, 2.45) is 0 Å². The van der Waals surface area contributed by atoms with E-state index in [-0.39, 0.29) is 11.1 Å².